The number of ether oxygens (including phenoxy) is 5. The van der Waals surface area contributed by atoms with E-state index in [0.29, 0.717) is 0 Å². The maximum atomic E-state index is 11.4. The van der Waals surface area contributed by atoms with E-state index in [-0.39, 0.29) is 6.61 Å². The smallest absolute Gasteiger partial charge is 0.303 e. The Morgan fingerprint density at radius 3 is 1.76 bits per heavy atom. The summed E-state index contributed by atoms with van der Waals surface area (Å²) in [5.74, 6) is -2.84. The standard InChI is InChI=1S/C15H19NO9/c1-7(17)21-6-12-14(23-9(3)19)15(24-10(4)20)13(22-8(2)18)11(5-16)25-12/h11-15H,6H2,1-4H3/t11-,12+,13-,14+,15+/m0/s1. The van der Waals surface area contributed by atoms with Crippen molar-refractivity contribution < 1.29 is 42.9 Å². The monoisotopic (exact) mass is 357 g/mol. The molecule has 1 saturated heterocycles. The molecule has 1 aliphatic rings. The number of carbonyl (C=O) groups is 4. The molecular formula is C15H19NO9. The Hall–Kier alpha value is -2.67. The van der Waals surface area contributed by atoms with E-state index in [4.69, 9.17) is 23.7 Å². The van der Waals surface area contributed by atoms with Crippen LogP contribution < -0.4 is 0 Å². The Morgan fingerprint density at radius 2 is 1.32 bits per heavy atom. The van der Waals surface area contributed by atoms with Crippen LogP contribution in [0.25, 0.3) is 0 Å². The molecule has 0 aromatic heterocycles. The molecule has 0 amide bonds. The lowest BCUT2D eigenvalue weighted by atomic mass is 9.94. The van der Waals surface area contributed by atoms with Crippen molar-refractivity contribution in [1.29, 1.82) is 5.26 Å². The van der Waals surface area contributed by atoms with Crippen LogP contribution in [0, 0.1) is 11.3 Å². The summed E-state index contributed by atoms with van der Waals surface area (Å²) in [5.41, 5.74) is 0. The molecule has 0 unspecified atom stereocenters. The number of nitrogens with zero attached hydrogens (tertiary/aromatic N) is 1. The fraction of sp³-hybridized carbons (Fsp3) is 0.667. The van der Waals surface area contributed by atoms with E-state index in [1.165, 1.54) is 0 Å². The normalized spacial score (nSPS) is 28.2. The van der Waals surface area contributed by atoms with Crippen molar-refractivity contribution in [3.63, 3.8) is 0 Å². The van der Waals surface area contributed by atoms with Crippen molar-refractivity contribution >= 4 is 23.9 Å². The first kappa shape index (κ1) is 20.4. The second-order valence-corrected chi connectivity index (χ2v) is 5.25. The van der Waals surface area contributed by atoms with Gasteiger partial charge in [-0.05, 0) is 0 Å². The number of rotatable bonds is 5. The van der Waals surface area contributed by atoms with Crippen LogP contribution in [0.2, 0.25) is 0 Å². The zero-order valence-corrected chi connectivity index (χ0v) is 14.2. The number of hydrogen-bond acceptors (Lipinski definition) is 10. The van der Waals surface area contributed by atoms with Gasteiger partial charge in [0.05, 0.1) is 6.07 Å². The Balaban J connectivity index is 3.21. The van der Waals surface area contributed by atoms with E-state index in [1.807, 2.05) is 0 Å². The molecule has 1 heterocycles. The molecule has 1 aliphatic heterocycles. The van der Waals surface area contributed by atoms with E-state index in [0.717, 1.165) is 27.7 Å². The second kappa shape index (κ2) is 8.98. The molecule has 25 heavy (non-hydrogen) atoms. The Kier molecular flexibility index (Phi) is 7.32. The third-order valence-electron chi connectivity index (χ3n) is 3.12. The quantitative estimate of drug-likeness (QED) is 0.473. The average Bonchev–Trinajstić information content (AvgIpc) is 2.48. The van der Waals surface area contributed by atoms with Crippen LogP contribution in [0.15, 0.2) is 0 Å². The van der Waals surface area contributed by atoms with Gasteiger partial charge in [0.2, 0.25) is 0 Å². The topological polar surface area (TPSA) is 138 Å². The fourth-order valence-electron chi connectivity index (χ4n) is 2.33. The zero-order chi connectivity index (χ0) is 19.1. The Morgan fingerprint density at radius 1 is 0.840 bits per heavy atom. The largest absolute Gasteiger partial charge is 0.463 e. The molecular weight excluding hydrogens is 338 g/mol. The molecule has 10 nitrogen and oxygen atoms in total. The van der Waals surface area contributed by atoms with Crippen molar-refractivity contribution in [2.24, 2.45) is 0 Å². The van der Waals surface area contributed by atoms with Crippen molar-refractivity contribution in [1.82, 2.24) is 0 Å². The van der Waals surface area contributed by atoms with Gasteiger partial charge in [-0.3, -0.25) is 19.2 Å². The molecule has 5 atom stereocenters. The third kappa shape index (κ3) is 6.04. The van der Waals surface area contributed by atoms with Gasteiger partial charge in [0, 0.05) is 27.7 Å². The Bertz CT molecular complexity index is 582. The summed E-state index contributed by atoms with van der Waals surface area (Å²) in [6, 6.07) is 1.78. The SMILES string of the molecule is CC(=O)OC[C@H]1O[C@@H](C#N)[C@H](OC(C)=O)[C@@H](OC(C)=O)[C@@H]1OC(C)=O. The van der Waals surface area contributed by atoms with Crippen LogP contribution in [0.1, 0.15) is 27.7 Å². The highest BCUT2D eigenvalue weighted by Gasteiger charge is 2.52. The molecule has 10 heteroatoms. The predicted molar refractivity (Wildman–Crippen MR) is 77.6 cm³/mol. The first-order valence-corrected chi connectivity index (χ1v) is 7.35. The first-order valence-electron chi connectivity index (χ1n) is 7.35. The molecule has 0 aromatic rings. The highest BCUT2D eigenvalue weighted by molar-refractivity contribution is 5.68. The number of esters is 4. The second-order valence-electron chi connectivity index (χ2n) is 5.25. The summed E-state index contributed by atoms with van der Waals surface area (Å²) in [6.45, 7) is 4.14. The van der Waals surface area contributed by atoms with Gasteiger partial charge in [0.25, 0.3) is 0 Å². The molecule has 1 fully saturated rings. The predicted octanol–water partition coefficient (Wildman–Crippen LogP) is -0.364. The number of nitriles is 1. The lowest BCUT2D eigenvalue weighted by molar-refractivity contribution is -0.243. The van der Waals surface area contributed by atoms with Crippen molar-refractivity contribution in [3.05, 3.63) is 0 Å². The van der Waals surface area contributed by atoms with Crippen LogP contribution in [0.5, 0.6) is 0 Å². The molecule has 1 rings (SSSR count). The van der Waals surface area contributed by atoms with Crippen LogP contribution >= 0.6 is 0 Å². The lowest BCUT2D eigenvalue weighted by Crippen LogP contribution is -2.62. The van der Waals surface area contributed by atoms with Gasteiger partial charge in [-0.1, -0.05) is 0 Å². The van der Waals surface area contributed by atoms with Gasteiger partial charge in [0.1, 0.15) is 12.7 Å². The van der Waals surface area contributed by atoms with Crippen molar-refractivity contribution in [2.75, 3.05) is 6.61 Å². The van der Waals surface area contributed by atoms with Crippen LogP contribution in [-0.2, 0) is 42.9 Å². The first-order chi connectivity index (χ1) is 11.6. The number of carbonyl (C=O) groups excluding carboxylic acids is 4. The van der Waals surface area contributed by atoms with E-state index < -0.39 is 54.4 Å². The van der Waals surface area contributed by atoms with Gasteiger partial charge in [-0.2, -0.15) is 5.26 Å². The average molecular weight is 357 g/mol. The maximum absolute atomic E-state index is 11.4. The van der Waals surface area contributed by atoms with Gasteiger partial charge < -0.3 is 23.7 Å². The van der Waals surface area contributed by atoms with Gasteiger partial charge >= 0.3 is 23.9 Å². The summed E-state index contributed by atoms with van der Waals surface area (Å²) in [4.78, 5) is 45.2. The highest BCUT2D eigenvalue weighted by Crippen LogP contribution is 2.28. The summed E-state index contributed by atoms with van der Waals surface area (Å²) >= 11 is 0. The molecule has 0 bridgehead atoms. The van der Waals surface area contributed by atoms with Crippen molar-refractivity contribution in [3.8, 4) is 6.07 Å². The Labute approximate surface area is 143 Å². The summed E-state index contributed by atoms with van der Waals surface area (Å²) in [5, 5.41) is 9.27. The maximum Gasteiger partial charge on any atom is 0.303 e. The zero-order valence-electron chi connectivity index (χ0n) is 14.2. The minimum Gasteiger partial charge on any atom is -0.463 e. The molecule has 138 valence electrons. The summed E-state index contributed by atoms with van der Waals surface area (Å²) < 4.78 is 25.6. The summed E-state index contributed by atoms with van der Waals surface area (Å²) in [7, 11) is 0. The van der Waals surface area contributed by atoms with Crippen LogP contribution in [-0.4, -0.2) is 61.0 Å². The van der Waals surface area contributed by atoms with E-state index >= 15 is 0 Å². The van der Waals surface area contributed by atoms with Gasteiger partial charge in [0.15, 0.2) is 24.4 Å². The third-order valence-corrected chi connectivity index (χ3v) is 3.12. The van der Waals surface area contributed by atoms with Crippen LogP contribution in [0.4, 0.5) is 0 Å². The van der Waals surface area contributed by atoms with Crippen LogP contribution in [0.3, 0.4) is 0 Å². The minimum atomic E-state index is -1.32. The molecule has 0 aliphatic carbocycles. The fourth-order valence-corrected chi connectivity index (χ4v) is 2.33. The van der Waals surface area contributed by atoms with Gasteiger partial charge in [-0.15, -0.1) is 0 Å². The highest BCUT2D eigenvalue weighted by atomic mass is 16.7. The molecule has 0 N–H and O–H groups in total. The molecule has 0 aromatic carbocycles. The molecule has 0 spiro atoms. The minimum absolute atomic E-state index is 0.351. The van der Waals surface area contributed by atoms with E-state index in [9.17, 15) is 24.4 Å². The molecule has 0 saturated carbocycles. The van der Waals surface area contributed by atoms with E-state index in [1.54, 1.807) is 6.07 Å². The van der Waals surface area contributed by atoms with Gasteiger partial charge in [-0.25, -0.2) is 0 Å². The van der Waals surface area contributed by atoms with Crippen molar-refractivity contribution in [2.45, 2.75) is 58.2 Å². The number of hydrogen-bond donors (Lipinski definition) is 0. The summed E-state index contributed by atoms with van der Waals surface area (Å²) in [6.07, 6.45) is -6.27. The lowest BCUT2D eigenvalue weighted by Gasteiger charge is -2.42. The van der Waals surface area contributed by atoms with E-state index in [2.05, 4.69) is 0 Å². The molecule has 0 radical (unpaired) electrons.